The molecule has 0 bridgehead atoms. The number of benzene rings is 2. The molecule has 4 nitrogen and oxygen atoms in total. The second kappa shape index (κ2) is 6.13. The van der Waals surface area contributed by atoms with Gasteiger partial charge in [-0.1, -0.05) is 17.7 Å². The highest BCUT2D eigenvalue weighted by Gasteiger charge is 2.31. The first-order valence-corrected chi connectivity index (χ1v) is 7.77. The van der Waals surface area contributed by atoms with E-state index in [1.807, 2.05) is 13.8 Å². The third kappa shape index (κ3) is 2.93. The van der Waals surface area contributed by atoms with E-state index in [2.05, 4.69) is 0 Å². The van der Waals surface area contributed by atoms with Gasteiger partial charge in [0, 0.05) is 11.1 Å². The summed E-state index contributed by atoms with van der Waals surface area (Å²) < 4.78 is 11.0. The molecule has 0 saturated heterocycles. The van der Waals surface area contributed by atoms with Crippen molar-refractivity contribution in [2.45, 2.75) is 20.8 Å². The Kier molecular flexibility index (Phi) is 4.16. The molecule has 2 aromatic rings. The van der Waals surface area contributed by atoms with Crippen LogP contribution in [0.25, 0.3) is 0 Å². The number of rotatable bonds is 2. The fourth-order valence-corrected chi connectivity index (χ4v) is 2.72. The first-order valence-electron chi connectivity index (χ1n) is 7.39. The van der Waals surface area contributed by atoms with Crippen LogP contribution in [0.4, 0.5) is 0 Å². The molecule has 5 heteroatoms. The molecule has 0 radical (unpaired) electrons. The van der Waals surface area contributed by atoms with Crippen LogP contribution in [-0.2, 0) is 0 Å². The van der Waals surface area contributed by atoms with Crippen LogP contribution in [-0.4, -0.2) is 11.8 Å². The number of hydrogen-bond acceptors (Lipinski definition) is 4. The van der Waals surface area contributed by atoms with Crippen molar-refractivity contribution in [2.75, 3.05) is 0 Å². The summed E-state index contributed by atoms with van der Waals surface area (Å²) in [4.78, 5) is 24.6. The molecular weight excluding hydrogens is 328 g/mol. The SMILES string of the molecule is CC(C)=C1Oc2cc(OC(=O)c3cccc(Cl)c3)cc(C)c2C1=O. The van der Waals surface area contributed by atoms with Crippen molar-refractivity contribution >= 4 is 23.4 Å². The number of Topliss-reactive ketones (excluding diaryl/α,β-unsaturated/α-hetero) is 1. The third-order valence-corrected chi connectivity index (χ3v) is 3.88. The van der Waals surface area contributed by atoms with Crippen molar-refractivity contribution in [2.24, 2.45) is 0 Å². The molecule has 0 aromatic heterocycles. The zero-order valence-corrected chi connectivity index (χ0v) is 14.2. The van der Waals surface area contributed by atoms with Crippen LogP contribution in [0.1, 0.15) is 40.1 Å². The van der Waals surface area contributed by atoms with Gasteiger partial charge >= 0.3 is 5.97 Å². The van der Waals surface area contributed by atoms with Gasteiger partial charge in [-0.25, -0.2) is 4.79 Å². The minimum Gasteiger partial charge on any atom is -0.452 e. The summed E-state index contributed by atoms with van der Waals surface area (Å²) in [7, 11) is 0. The third-order valence-electron chi connectivity index (χ3n) is 3.64. The van der Waals surface area contributed by atoms with Gasteiger partial charge in [-0.3, -0.25) is 4.79 Å². The minimum atomic E-state index is -0.524. The number of allylic oxidation sites excluding steroid dienone is 2. The lowest BCUT2D eigenvalue weighted by Gasteiger charge is -2.08. The Morgan fingerprint density at radius 1 is 1.17 bits per heavy atom. The van der Waals surface area contributed by atoms with E-state index in [0.29, 0.717) is 39.0 Å². The Labute approximate surface area is 144 Å². The van der Waals surface area contributed by atoms with Crippen LogP contribution in [0.3, 0.4) is 0 Å². The molecule has 0 unspecified atom stereocenters. The molecule has 3 rings (SSSR count). The molecule has 0 spiro atoms. The van der Waals surface area contributed by atoms with Gasteiger partial charge in [0.2, 0.25) is 5.78 Å². The molecule has 1 heterocycles. The molecule has 0 amide bonds. The summed E-state index contributed by atoms with van der Waals surface area (Å²) in [5, 5.41) is 0.455. The summed E-state index contributed by atoms with van der Waals surface area (Å²) in [5.41, 5.74) is 2.35. The normalized spacial score (nSPS) is 12.7. The number of hydrogen-bond donors (Lipinski definition) is 0. The van der Waals surface area contributed by atoms with Crippen LogP contribution < -0.4 is 9.47 Å². The standard InChI is InChI=1S/C19H15ClO4/c1-10(2)18-17(21)16-11(3)7-14(9-15(16)24-18)23-19(22)12-5-4-6-13(20)8-12/h4-9H,1-3H3. The fraction of sp³-hybridized carbons (Fsp3) is 0.158. The molecule has 0 aliphatic carbocycles. The molecule has 0 N–H and O–H groups in total. The number of ether oxygens (including phenoxy) is 2. The summed E-state index contributed by atoms with van der Waals surface area (Å²) in [5.74, 6) is 0.384. The van der Waals surface area contributed by atoms with E-state index in [0.717, 1.165) is 5.57 Å². The summed E-state index contributed by atoms with van der Waals surface area (Å²) >= 11 is 5.89. The fourth-order valence-electron chi connectivity index (χ4n) is 2.53. The van der Waals surface area contributed by atoms with Crippen molar-refractivity contribution in [3.63, 3.8) is 0 Å². The Bertz CT molecular complexity index is 892. The number of fused-ring (bicyclic) bond motifs is 1. The minimum absolute atomic E-state index is 0.143. The lowest BCUT2D eigenvalue weighted by molar-refractivity contribution is 0.0734. The van der Waals surface area contributed by atoms with Gasteiger partial charge in [0.25, 0.3) is 0 Å². The number of carbonyl (C=O) groups excluding carboxylic acids is 2. The van der Waals surface area contributed by atoms with E-state index in [4.69, 9.17) is 21.1 Å². The maximum atomic E-state index is 12.3. The highest BCUT2D eigenvalue weighted by Crippen LogP contribution is 2.38. The number of aryl methyl sites for hydroxylation is 1. The quantitative estimate of drug-likeness (QED) is 0.449. The van der Waals surface area contributed by atoms with Gasteiger partial charge < -0.3 is 9.47 Å². The molecule has 24 heavy (non-hydrogen) atoms. The number of esters is 1. The average Bonchev–Trinajstić information content (AvgIpc) is 2.84. The molecular formula is C19H15ClO4. The van der Waals surface area contributed by atoms with Gasteiger partial charge in [0.05, 0.1) is 11.1 Å². The van der Waals surface area contributed by atoms with E-state index in [1.165, 1.54) is 6.07 Å². The molecule has 0 atom stereocenters. The van der Waals surface area contributed by atoms with E-state index in [9.17, 15) is 9.59 Å². The van der Waals surface area contributed by atoms with Gasteiger partial charge in [-0.2, -0.15) is 0 Å². The maximum absolute atomic E-state index is 12.3. The molecule has 122 valence electrons. The van der Waals surface area contributed by atoms with Crippen molar-refractivity contribution in [1.82, 2.24) is 0 Å². The Balaban J connectivity index is 1.92. The molecule has 1 aliphatic heterocycles. The topological polar surface area (TPSA) is 52.6 Å². The van der Waals surface area contributed by atoms with E-state index in [-0.39, 0.29) is 5.78 Å². The average molecular weight is 343 g/mol. The van der Waals surface area contributed by atoms with Gasteiger partial charge in [0.15, 0.2) is 5.76 Å². The Morgan fingerprint density at radius 2 is 1.92 bits per heavy atom. The zero-order valence-electron chi connectivity index (χ0n) is 13.5. The Hall–Kier alpha value is -2.59. The van der Waals surface area contributed by atoms with Crippen molar-refractivity contribution < 1.29 is 19.1 Å². The van der Waals surface area contributed by atoms with E-state index < -0.39 is 5.97 Å². The van der Waals surface area contributed by atoms with Crippen LogP contribution in [0.2, 0.25) is 5.02 Å². The lowest BCUT2D eigenvalue weighted by atomic mass is 10.0. The second-order valence-corrected chi connectivity index (χ2v) is 6.21. The monoisotopic (exact) mass is 342 g/mol. The van der Waals surface area contributed by atoms with Crippen LogP contribution in [0.5, 0.6) is 11.5 Å². The maximum Gasteiger partial charge on any atom is 0.343 e. The van der Waals surface area contributed by atoms with Crippen LogP contribution >= 0.6 is 11.6 Å². The van der Waals surface area contributed by atoms with Crippen molar-refractivity contribution in [3.8, 4) is 11.5 Å². The van der Waals surface area contributed by atoms with E-state index in [1.54, 1.807) is 37.3 Å². The van der Waals surface area contributed by atoms with Crippen LogP contribution in [0.15, 0.2) is 47.7 Å². The first kappa shape index (κ1) is 16.3. The summed E-state index contributed by atoms with van der Waals surface area (Å²) in [6, 6.07) is 9.71. The highest BCUT2D eigenvalue weighted by molar-refractivity contribution is 6.30. The molecule has 0 fully saturated rings. The van der Waals surface area contributed by atoms with E-state index >= 15 is 0 Å². The lowest BCUT2D eigenvalue weighted by Crippen LogP contribution is -2.08. The van der Waals surface area contributed by atoms with Gasteiger partial charge in [-0.05, 0) is 56.2 Å². The zero-order chi connectivity index (χ0) is 17.4. The molecule has 2 aromatic carbocycles. The Morgan fingerprint density at radius 3 is 2.58 bits per heavy atom. The van der Waals surface area contributed by atoms with Gasteiger partial charge in [-0.15, -0.1) is 0 Å². The molecule has 0 saturated carbocycles. The number of halogens is 1. The van der Waals surface area contributed by atoms with Gasteiger partial charge in [0.1, 0.15) is 11.5 Å². The summed E-state index contributed by atoms with van der Waals surface area (Å²) in [6.45, 7) is 5.41. The number of ketones is 1. The van der Waals surface area contributed by atoms with Crippen LogP contribution in [0, 0.1) is 6.92 Å². The smallest absolute Gasteiger partial charge is 0.343 e. The predicted octanol–water partition coefficient (Wildman–Crippen LogP) is 4.74. The predicted molar refractivity (Wildman–Crippen MR) is 90.9 cm³/mol. The largest absolute Gasteiger partial charge is 0.452 e. The number of carbonyl (C=O) groups is 2. The van der Waals surface area contributed by atoms with Crippen molar-refractivity contribution in [3.05, 3.63) is 69.4 Å². The summed E-state index contributed by atoms with van der Waals surface area (Å²) in [6.07, 6.45) is 0. The highest BCUT2D eigenvalue weighted by atomic mass is 35.5. The van der Waals surface area contributed by atoms with Crippen molar-refractivity contribution in [1.29, 1.82) is 0 Å². The second-order valence-electron chi connectivity index (χ2n) is 5.77. The first-order chi connectivity index (χ1) is 11.4. The molecule has 1 aliphatic rings.